The zero-order chi connectivity index (χ0) is 18.5. The van der Waals surface area contributed by atoms with Gasteiger partial charge in [0.05, 0.1) is 0 Å². The van der Waals surface area contributed by atoms with Gasteiger partial charge in [-0.15, -0.1) is 0 Å². The number of ketones is 2. The molecule has 0 aromatic heterocycles. The summed E-state index contributed by atoms with van der Waals surface area (Å²) < 4.78 is 0. The summed E-state index contributed by atoms with van der Waals surface area (Å²) in [4.78, 5) is 23.1. The third kappa shape index (κ3) is 8.19. The van der Waals surface area contributed by atoms with Crippen LogP contribution in [0.2, 0.25) is 0 Å². The predicted molar refractivity (Wildman–Crippen MR) is 101 cm³/mol. The molecule has 140 valence electrons. The first-order valence-electron chi connectivity index (χ1n) is 9.64. The van der Waals surface area contributed by atoms with Crippen LogP contribution in [0.15, 0.2) is 35.3 Å². The van der Waals surface area contributed by atoms with Crippen LogP contribution in [0.3, 0.4) is 0 Å². The molecule has 0 heterocycles. The molecule has 0 amide bonds. The molecular weight excluding hydrogens is 316 g/mol. The summed E-state index contributed by atoms with van der Waals surface area (Å²) >= 11 is 0. The largest absolute Gasteiger partial charge is 0.504 e. The van der Waals surface area contributed by atoms with E-state index in [0.717, 1.165) is 25.3 Å². The van der Waals surface area contributed by atoms with Crippen LogP contribution < -0.4 is 0 Å². The van der Waals surface area contributed by atoms with Crippen LogP contribution in [0.25, 0.3) is 0 Å². The predicted octanol–water partition coefficient (Wildman–Crippen LogP) is 5.65. The second kappa shape index (κ2) is 12.5. The number of aliphatic hydroxyl groups is 2. The van der Waals surface area contributed by atoms with Gasteiger partial charge in [0.25, 0.3) is 0 Å². The molecule has 0 atom stereocenters. The molecule has 0 radical (unpaired) electrons. The Kier molecular flexibility index (Phi) is 10.6. The number of hydrogen-bond donors (Lipinski definition) is 2. The van der Waals surface area contributed by atoms with Crippen LogP contribution in [0.5, 0.6) is 0 Å². The van der Waals surface area contributed by atoms with E-state index in [0.29, 0.717) is 6.42 Å². The van der Waals surface area contributed by atoms with Gasteiger partial charge in [0, 0.05) is 11.6 Å². The van der Waals surface area contributed by atoms with Gasteiger partial charge in [0.1, 0.15) is 0 Å². The number of rotatable bonds is 13. The van der Waals surface area contributed by atoms with E-state index in [9.17, 15) is 19.8 Å². The van der Waals surface area contributed by atoms with Gasteiger partial charge >= 0.3 is 0 Å². The minimum atomic E-state index is -0.684. The Bertz CT molecular complexity index is 526. The molecule has 1 aliphatic carbocycles. The number of allylic oxidation sites excluding steroid dienone is 4. The Labute approximate surface area is 151 Å². The van der Waals surface area contributed by atoms with E-state index < -0.39 is 23.1 Å². The lowest BCUT2D eigenvalue weighted by Crippen LogP contribution is -2.19. The monoisotopic (exact) mass is 348 g/mol. The van der Waals surface area contributed by atoms with Crippen molar-refractivity contribution in [2.24, 2.45) is 0 Å². The average molecular weight is 348 g/mol. The van der Waals surface area contributed by atoms with Gasteiger partial charge in [0.15, 0.2) is 11.5 Å². The number of carbonyl (C=O) groups is 2. The molecule has 0 unspecified atom stereocenters. The van der Waals surface area contributed by atoms with Gasteiger partial charge in [0.2, 0.25) is 11.6 Å². The molecule has 0 saturated carbocycles. The van der Waals surface area contributed by atoms with Gasteiger partial charge in [-0.05, 0) is 32.1 Å². The normalized spacial score (nSPS) is 15.3. The highest BCUT2D eigenvalue weighted by Crippen LogP contribution is 2.22. The molecule has 0 aliphatic heterocycles. The van der Waals surface area contributed by atoms with Crippen molar-refractivity contribution in [2.75, 3.05) is 0 Å². The van der Waals surface area contributed by atoms with Crippen LogP contribution in [-0.2, 0) is 9.59 Å². The van der Waals surface area contributed by atoms with Crippen molar-refractivity contribution in [1.82, 2.24) is 0 Å². The molecular formula is C21H32O4. The lowest BCUT2D eigenvalue weighted by molar-refractivity contribution is -0.119. The third-order valence-corrected chi connectivity index (χ3v) is 4.48. The van der Waals surface area contributed by atoms with Crippen molar-refractivity contribution >= 4 is 11.6 Å². The summed E-state index contributed by atoms with van der Waals surface area (Å²) in [6.07, 6.45) is 18.3. The van der Waals surface area contributed by atoms with E-state index in [1.807, 2.05) is 0 Å². The molecule has 0 saturated heterocycles. The maximum Gasteiger partial charge on any atom is 0.227 e. The Morgan fingerprint density at radius 1 is 0.840 bits per heavy atom. The van der Waals surface area contributed by atoms with Crippen LogP contribution in [-0.4, -0.2) is 21.8 Å². The molecule has 0 bridgehead atoms. The summed E-state index contributed by atoms with van der Waals surface area (Å²) in [5, 5.41) is 19.0. The van der Waals surface area contributed by atoms with Gasteiger partial charge in [-0.25, -0.2) is 0 Å². The maximum atomic E-state index is 11.7. The van der Waals surface area contributed by atoms with Gasteiger partial charge in [-0.2, -0.15) is 0 Å². The smallest absolute Gasteiger partial charge is 0.227 e. The van der Waals surface area contributed by atoms with Crippen molar-refractivity contribution < 1.29 is 19.8 Å². The lowest BCUT2D eigenvalue weighted by Gasteiger charge is -2.12. The molecule has 4 nitrogen and oxygen atoms in total. The van der Waals surface area contributed by atoms with Crippen LogP contribution >= 0.6 is 0 Å². The minimum Gasteiger partial charge on any atom is -0.504 e. The molecule has 0 aromatic rings. The second-order valence-electron chi connectivity index (χ2n) is 6.68. The Hall–Kier alpha value is -1.84. The topological polar surface area (TPSA) is 74.6 Å². The Morgan fingerprint density at radius 3 is 2.04 bits per heavy atom. The third-order valence-electron chi connectivity index (χ3n) is 4.48. The summed E-state index contributed by atoms with van der Waals surface area (Å²) in [7, 11) is 0. The van der Waals surface area contributed by atoms with Crippen LogP contribution in [0.4, 0.5) is 0 Å². The zero-order valence-corrected chi connectivity index (χ0v) is 15.4. The molecule has 2 N–H and O–H groups in total. The highest BCUT2D eigenvalue weighted by atomic mass is 16.3. The number of unbranched alkanes of at least 4 members (excludes halogenated alkanes) is 9. The quantitative estimate of drug-likeness (QED) is 0.256. The standard InChI is InChI=1S/C21H32O4/c1-2-3-4-5-6-7-8-9-10-11-12-13-14-15-17-20(24)18(22)16-19(23)21(17)25/h5-6,16,22,25H,2-4,7-15H2,1H3. The van der Waals surface area contributed by atoms with E-state index in [4.69, 9.17) is 0 Å². The van der Waals surface area contributed by atoms with E-state index in [-0.39, 0.29) is 5.57 Å². The summed E-state index contributed by atoms with van der Waals surface area (Å²) in [5.41, 5.74) is 0.0554. The minimum absolute atomic E-state index is 0.0554. The van der Waals surface area contributed by atoms with E-state index in [2.05, 4.69) is 19.1 Å². The van der Waals surface area contributed by atoms with Gasteiger partial charge < -0.3 is 10.2 Å². The fourth-order valence-electron chi connectivity index (χ4n) is 2.91. The Balaban J connectivity index is 2.04. The highest BCUT2D eigenvalue weighted by molar-refractivity contribution is 6.20. The van der Waals surface area contributed by atoms with E-state index >= 15 is 0 Å². The first-order chi connectivity index (χ1) is 12.1. The van der Waals surface area contributed by atoms with E-state index in [1.165, 1.54) is 51.4 Å². The maximum absolute atomic E-state index is 11.7. The fourth-order valence-corrected chi connectivity index (χ4v) is 2.91. The highest BCUT2D eigenvalue weighted by Gasteiger charge is 2.27. The van der Waals surface area contributed by atoms with Crippen molar-refractivity contribution in [3.05, 3.63) is 35.3 Å². The number of carbonyl (C=O) groups excluding carboxylic acids is 2. The molecule has 1 rings (SSSR count). The molecule has 0 fully saturated rings. The first-order valence-corrected chi connectivity index (χ1v) is 9.64. The molecule has 0 spiro atoms. The fraction of sp³-hybridized carbons (Fsp3) is 0.619. The van der Waals surface area contributed by atoms with Crippen molar-refractivity contribution in [3.63, 3.8) is 0 Å². The van der Waals surface area contributed by atoms with E-state index in [1.54, 1.807) is 0 Å². The summed E-state index contributed by atoms with van der Waals surface area (Å²) in [6.45, 7) is 2.21. The number of hydrogen-bond acceptors (Lipinski definition) is 4. The second-order valence-corrected chi connectivity index (χ2v) is 6.68. The average Bonchev–Trinajstić information content (AvgIpc) is 2.60. The van der Waals surface area contributed by atoms with Crippen molar-refractivity contribution in [2.45, 2.75) is 84.0 Å². The lowest BCUT2D eigenvalue weighted by atomic mass is 9.94. The van der Waals surface area contributed by atoms with Gasteiger partial charge in [-0.1, -0.05) is 64.0 Å². The number of Topliss-reactive ketones (excluding diaryl/α,β-unsaturated/α-hetero) is 1. The zero-order valence-electron chi connectivity index (χ0n) is 15.4. The van der Waals surface area contributed by atoms with Crippen molar-refractivity contribution in [1.29, 1.82) is 0 Å². The SMILES string of the molecule is CCCCC=CCCCCCCCCCC1=C(O)C(=O)C=C(O)C1=O. The molecule has 4 heteroatoms. The molecule has 1 aliphatic rings. The number of aliphatic hydroxyl groups excluding tert-OH is 2. The Morgan fingerprint density at radius 2 is 1.40 bits per heavy atom. The first kappa shape index (κ1) is 21.2. The molecule has 25 heavy (non-hydrogen) atoms. The van der Waals surface area contributed by atoms with Crippen LogP contribution in [0, 0.1) is 0 Å². The summed E-state index contributed by atoms with van der Waals surface area (Å²) in [6, 6.07) is 0. The van der Waals surface area contributed by atoms with Gasteiger partial charge in [-0.3, -0.25) is 9.59 Å². The molecule has 0 aromatic carbocycles. The summed E-state index contributed by atoms with van der Waals surface area (Å²) in [5.74, 6) is -2.38. The van der Waals surface area contributed by atoms with Crippen molar-refractivity contribution in [3.8, 4) is 0 Å². The van der Waals surface area contributed by atoms with Crippen LogP contribution in [0.1, 0.15) is 84.0 Å².